The number of aliphatic hydroxyl groups excluding tert-OH is 1. The highest BCUT2D eigenvalue weighted by atomic mass is 16.5. The van der Waals surface area contributed by atoms with Crippen LogP contribution in [0.25, 0.3) is 0 Å². The van der Waals surface area contributed by atoms with Crippen LogP contribution in [-0.2, 0) is 5.41 Å². The van der Waals surface area contributed by atoms with Crippen LogP contribution >= 0.6 is 0 Å². The van der Waals surface area contributed by atoms with Crippen molar-refractivity contribution in [3.63, 3.8) is 0 Å². The Labute approximate surface area is 154 Å². The Morgan fingerprint density at radius 2 is 1.08 bits per heavy atom. The second kappa shape index (κ2) is 7.04. The van der Waals surface area contributed by atoms with Crippen LogP contribution in [0.2, 0.25) is 0 Å². The van der Waals surface area contributed by atoms with Gasteiger partial charge in [0.2, 0.25) is 0 Å². The van der Waals surface area contributed by atoms with Gasteiger partial charge in [-0.15, -0.1) is 0 Å². The molecule has 3 heteroatoms. The predicted octanol–water partition coefficient (Wildman–Crippen LogP) is 3.85. The first-order chi connectivity index (χ1) is 12.7. The van der Waals surface area contributed by atoms with Crippen molar-refractivity contribution in [3.05, 3.63) is 108 Å². The van der Waals surface area contributed by atoms with E-state index < -0.39 is 17.6 Å². The fourth-order valence-electron chi connectivity index (χ4n) is 4.39. The average Bonchev–Trinajstić information content (AvgIpc) is 3.04. The van der Waals surface area contributed by atoms with E-state index in [2.05, 4.69) is 36.4 Å². The van der Waals surface area contributed by atoms with Gasteiger partial charge in [-0.3, -0.25) is 0 Å². The molecular formula is C23H23NO2. The second-order valence-electron chi connectivity index (χ2n) is 6.87. The highest BCUT2D eigenvalue weighted by Gasteiger charge is 2.52. The van der Waals surface area contributed by atoms with Crippen LogP contribution in [-0.4, -0.2) is 34.1 Å². The smallest absolute Gasteiger partial charge is 0.0787 e. The molecule has 3 aromatic carbocycles. The van der Waals surface area contributed by atoms with E-state index in [1.807, 2.05) is 54.6 Å². The Kier molecular flexibility index (Phi) is 4.60. The van der Waals surface area contributed by atoms with Crippen molar-refractivity contribution >= 4 is 0 Å². The van der Waals surface area contributed by atoms with Gasteiger partial charge in [0.25, 0.3) is 0 Å². The third kappa shape index (κ3) is 2.65. The fourth-order valence-corrected chi connectivity index (χ4v) is 4.39. The molecule has 1 saturated heterocycles. The highest BCUT2D eigenvalue weighted by molar-refractivity contribution is 5.53. The Balaban J connectivity index is 2.07. The molecule has 1 aliphatic rings. The predicted molar refractivity (Wildman–Crippen MR) is 102 cm³/mol. The molecule has 0 spiro atoms. The first kappa shape index (κ1) is 17.0. The van der Waals surface area contributed by atoms with E-state index in [0.717, 1.165) is 16.7 Å². The molecule has 1 heterocycles. The third-order valence-corrected chi connectivity index (χ3v) is 5.47. The first-order valence-electron chi connectivity index (χ1n) is 9.04. The van der Waals surface area contributed by atoms with E-state index in [-0.39, 0.29) is 0 Å². The van der Waals surface area contributed by atoms with Crippen molar-refractivity contribution in [3.8, 4) is 0 Å². The summed E-state index contributed by atoms with van der Waals surface area (Å²) in [4.78, 5) is 0. The van der Waals surface area contributed by atoms with Crippen LogP contribution in [0.15, 0.2) is 91.0 Å². The van der Waals surface area contributed by atoms with Gasteiger partial charge in [0.15, 0.2) is 0 Å². The van der Waals surface area contributed by atoms with Gasteiger partial charge >= 0.3 is 0 Å². The lowest BCUT2D eigenvalue weighted by Gasteiger charge is -2.44. The van der Waals surface area contributed by atoms with E-state index in [4.69, 9.17) is 0 Å². The third-order valence-electron chi connectivity index (χ3n) is 5.47. The molecule has 132 valence electrons. The summed E-state index contributed by atoms with van der Waals surface area (Å²) in [6.45, 7) is 0.458. The zero-order valence-electron chi connectivity index (χ0n) is 14.6. The number of hydroxylamine groups is 2. The summed E-state index contributed by atoms with van der Waals surface area (Å²) in [5, 5.41) is 22.9. The van der Waals surface area contributed by atoms with E-state index in [1.54, 1.807) is 0 Å². The monoisotopic (exact) mass is 345 g/mol. The number of aliphatic hydroxyl groups is 1. The number of benzene rings is 3. The standard InChI is InChI=1S/C23H23NO2/c25-21-16-17-24(26)22(21)23(18-10-4-1-5-11-18,19-12-6-2-7-13-19)20-14-8-3-9-15-20/h1-15,21-22,25-26H,16-17H2. The van der Waals surface area contributed by atoms with Gasteiger partial charge in [-0.1, -0.05) is 91.0 Å². The van der Waals surface area contributed by atoms with Crippen LogP contribution in [0, 0.1) is 0 Å². The molecule has 2 atom stereocenters. The van der Waals surface area contributed by atoms with Gasteiger partial charge < -0.3 is 10.3 Å². The summed E-state index contributed by atoms with van der Waals surface area (Å²) in [5.74, 6) is 0. The maximum absolute atomic E-state index is 10.9. The number of rotatable bonds is 4. The molecule has 0 amide bonds. The van der Waals surface area contributed by atoms with Crippen molar-refractivity contribution < 1.29 is 10.3 Å². The zero-order chi connectivity index (χ0) is 18.0. The SMILES string of the molecule is OC1CCN(O)C1C(c1ccccc1)(c1ccccc1)c1ccccc1. The molecule has 2 unspecified atom stereocenters. The van der Waals surface area contributed by atoms with Gasteiger partial charge in [-0.2, -0.15) is 5.06 Å². The lowest BCUT2D eigenvalue weighted by Crippen LogP contribution is -2.52. The largest absolute Gasteiger partial charge is 0.391 e. The molecule has 1 fully saturated rings. The van der Waals surface area contributed by atoms with Gasteiger partial charge in [-0.25, -0.2) is 0 Å². The minimum absolute atomic E-state index is 0.458. The lowest BCUT2D eigenvalue weighted by molar-refractivity contribution is -0.129. The van der Waals surface area contributed by atoms with E-state index in [0.29, 0.717) is 13.0 Å². The quantitative estimate of drug-likeness (QED) is 0.706. The van der Waals surface area contributed by atoms with E-state index in [1.165, 1.54) is 5.06 Å². The second-order valence-corrected chi connectivity index (χ2v) is 6.87. The van der Waals surface area contributed by atoms with Crippen molar-refractivity contribution in [2.24, 2.45) is 0 Å². The van der Waals surface area contributed by atoms with Crippen LogP contribution in [0.4, 0.5) is 0 Å². The number of nitrogens with zero attached hydrogens (tertiary/aromatic N) is 1. The number of hydrogen-bond donors (Lipinski definition) is 2. The fraction of sp³-hybridized carbons (Fsp3) is 0.217. The molecule has 26 heavy (non-hydrogen) atoms. The van der Waals surface area contributed by atoms with Crippen molar-refractivity contribution in [2.75, 3.05) is 6.54 Å². The van der Waals surface area contributed by atoms with E-state index in [9.17, 15) is 10.3 Å². The van der Waals surface area contributed by atoms with Crippen molar-refractivity contribution in [1.29, 1.82) is 0 Å². The summed E-state index contributed by atoms with van der Waals surface area (Å²) in [5.41, 5.74) is 2.50. The molecule has 0 bridgehead atoms. The van der Waals surface area contributed by atoms with Gasteiger partial charge in [0.05, 0.1) is 17.6 Å². The molecule has 0 saturated carbocycles. The molecule has 1 aliphatic heterocycles. The van der Waals surface area contributed by atoms with Gasteiger partial charge in [0.1, 0.15) is 0 Å². The van der Waals surface area contributed by atoms with Crippen molar-refractivity contribution in [1.82, 2.24) is 5.06 Å². The van der Waals surface area contributed by atoms with Crippen LogP contribution in [0.5, 0.6) is 0 Å². The zero-order valence-corrected chi connectivity index (χ0v) is 14.6. The molecular weight excluding hydrogens is 322 g/mol. The molecule has 4 rings (SSSR count). The van der Waals surface area contributed by atoms with Crippen LogP contribution < -0.4 is 0 Å². The molecule has 2 N–H and O–H groups in total. The lowest BCUT2D eigenvalue weighted by atomic mass is 9.63. The Bertz CT molecular complexity index is 729. The Morgan fingerprint density at radius 1 is 0.692 bits per heavy atom. The first-order valence-corrected chi connectivity index (χ1v) is 9.04. The summed E-state index contributed by atoms with van der Waals surface area (Å²) < 4.78 is 0. The molecule has 0 aliphatic carbocycles. The van der Waals surface area contributed by atoms with Crippen molar-refractivity contribution in [2.45, 2.75) is 24.0 Å². The maximum atomic E-state index is 10.9. The topological polar surface area (TPSA) is 43.7 Å². The van der Waals surface area contributed by atoms with Crippen LogP contribution in [0.1, 0.15) is 23.1 Å². The summed E-state index contributed by atoms with van der Waals surface area (Å²) in [6.07, 6.45) is -0.0734. The summed E-state index contributed by atoms with van der Waals surface area (Å²) in [6, 6.07) is 30.1. The maximum Gasteiger partial charge on any atom is 0.0787 e. The number of hydrogen-bond acceptors (Lipinski definition) is 3. The molecule has 0 radical (unpaired) electrons. The highest BCUT2D eigenvalue weighted by Crippen LogP contribution is 2.46. The summed E-state index contributed by atoms with van der Waals surface area (Å²) in [7, 11) is 0. The average molecular weight is 345 g/mol. The Hall–Kier alpha value is -2.46. The van der Waals surface area contributed by atoms with Gasteiger partial charge in [0, 0.05) is 6.54 Å². The Morgan fingerprint density at radius 3 is 1.38 bits per heavy atom. The minimum atomic E-state index is -0.672. The minimum Gasteiger partial charge on any atom is -0.391 e. The normalized spacial score (nSPS) is 21.0. The van der Waals surface area contributed by atoms with Crippen LogP contribution in [0.3, 0.4) is 0 Å². The van der Waals surface area contributed by atoms with E-state index >= 15 is 0 Å². The summed E-state index contributed by atoms with van der Waals surface area (Å²) >= 11 is 0. The van der Waals surface area contributed by atoms with Gasteiger partial charge in [-0.05, 0) is 23.1 Å². The molecule has 0 aromatic heterocycles. The molecule has 3 nitrogen and oxygen atoms in total. The molecule has 3 aromatic rings.